The zero-order valence-electron chi connectivity index (χ0n) is 17.7. The van der Waals surface area contributed by atoms with Gasteiger partial charge in [0.1, 0.15) is 12.4 Å². The van der Waals surface area contributed by atoms with E-state index in [4.69, 9.17) is 15.9 Å². The zero-order valence-corrected chi connectivity index (χ0v) is 17.7. The molecule has 1 atom stereocenters. The van der Waals surface area contributed by atoms with Crippen LogP contribution in [0.25, 0.3) is 5.69 Å². The molecule has 1 aliphatic rings. The number of terminal acetylenes is 1. The lowest BCUT2D eigenvalue weighted by atomic mass is 9.87. The van der Waals surface area contributed by atoms with Gasteiger partial charge >= 0.3 is 0 Å². The minimum atomic E-state index is -0.131. The Balaban J connectivity index is 1.72. The lowest BCUT2D eigenvalue weighted by Crippen LogP contribution is -2.24. The maximum Gasteiger partial charge on any atom is 0.226 e. The molecule has 2 heterocycles. The summed E-state index contributed by atoms with van der Waals surface area (Å²) in [6.45, 7) is 4.70. The number of hydrogen-bond donors (Lipinski definition) is 1. The van der Waals surface area contributed by atoms with Crippen LogP contribution in [0.1, 0.15) is 42.9 Å². The van der Waals surface area contributed by atoms with Crippen molar-refractivity contribution in [2.75, 3.05) is 18.5 Å². The highest BCUT2D eigenvalue weighted by molar-refractivity contribution is 5.94. The summed E-state index contributed by atoms with van der Waals surface area (Å²) >= 11 is 0. The molecule has 158 valence electrons. The maximum absolute atomic E-state index is 12.6. The van der Waals surface area contributed by atoms with Crippen LogP contribution in [0, 0.1) is 12.3 Å². The van der Waals surface area contributed by atoms with Gasteiger partial charge in [-0.1, -0.05) is 31.0 Å². The number of aromatic nitrogens is 2. The average molecular weight is 415 g/mol. The SMILES string of the molecule is C#CCOc1ccc(C2CC(=O)Nc3c2cnn3-c2ccc(CC)cc2)cc1OCC. The summed E-state index contributed by atoms with van der Waals surface area (Å²) in [6.07, 6.45) is 8.45. The first-order valence-corrected chi connectivity index (χ1v) is 10.4. The number of carbonyl (C=O) groups is 1. The fourth-order valence-corrected chi connectivity index (χ4v) is 3.83. The average Bonchev–Trinajstić information content (AvgIpc) is 3.21. The standard InChI is InChI=1S/C25H25N3O3/c1-4-13-31-22-12-9-18(14-23(22)30-6-3)20-15-24(29)27-25-21(20)16-26-28(25)19-10-7-17(5-2)8-11-19/h1,7-12,14,16,20H,5-6,13,15H2,2-3H3,(H,27,29). The number of carbonyl (C=O) groups excluding carboxylic acids is 1. The molecule has 31 heavy (non-hydrogen) atoms. The summed E-state index contributed by atoms with van der Waals surface area (Å²) in [5.41, 5.74) is 4.10. The molecule has 6 heteroatoms. The van der Waals surface area contributed by atoms with Crippen LogP contribution in [0.4, 0.5) is 5.82 Å². The fraction of sp³-hybridized carbons (Fsp3) is 0.280. The van der Waals surface area contributed by atoms with Gasteiger partial charge in [-0.25, -0.2) is 4.68 Å². The first-order chi connectivity index (χ1) is 15.1. The van der Waals surface area contributed by atoms with Crippen molar-refractivity contribution in [2.45, 2.75) is 32.6 Å². The van der Waals surface area contributed by atoms with E-state index in [-0.39, 0.29) is 18.4 Å². The molecule has 1 aromatic heterocycles. The third-order valence-electron chi connectivity index (χ3n) is 5.39. The van der Waals surface area contributed by atoms with Crippen LogP contribution in [0.15, 0.2) is 48.7 Å². The Bertz CT molecular complexity index is 1130. The van der Waals surface area contributed by atoms with Crippen LogP contribution in [0.2, 0.25) is 0 Å². The molecular formula is C25H25N3O3. The predicted octanol–water partition coefficient (Wildman–Crippen LogP) is 4.32. The molecule has 0 saturated heterocycles. The van der Waals surface area contributed by atoms with Crippen molar-refractivity contribution < 1.29 is 14.3 Å². The lowest BCUT2D eigenvalue weighted by Gasteiger charge is -2.24. The van der Waals surface area contributed by atoms with Crippen LogP contribution < -0.4 is 14.8 Å². The highest BCUT2D eigenvalue weighted by atomic mass is 16.5. The third-order valence-corrected chi connectivity index (χ3v) is 5.39. The van der Waals surface area contributed by atoms with E-state index in [1.807, 2.05) is 43.5 Å². The van der Waals surface area contributed by atoms with Gasteiger partial charge in [-0.05, 0) is 48.7 Å². The second kappa shape index (κ2) is 8.97. The molecule has 0 aliphatic carbocycles. The molecule has 3 aromatic rings. The summed E-state index contributed by atoms with van der Waals surface area (Å²) in [6, 6.07) is 13.9. The summed E-state index contributed by atoms with van der Waals surface area (Å²) in [5, 5.41) is 7.57. The molecular weight excluding hydrogens is 390 g/mol. The van der Waals surface area contributed by atoms with E-state index in [0.717, 1.165) is 23.2 Å². The molecule has 0 radical (unpaired) electrons. The number of nitrogens with one attached hydrogen (secondary N) is 1. The first-order valence-electron chi connectivity index (χ1n) is 10.4. The normalized spacial score (nSPS) is 15.0. The molecule has 2 aromatic carbocycles. The van der Waals surface area contributed by atoms with Gasteiger partial charge < -0.3 is 14.8 Å². The van der Waals surface area contributed by atoms with E-state index in [1.54, 1.807) is 4.68 Å². The lowest BCUT2D eigenvalue weighted by molar-refractivity contribution is -0.116. The molecule has 1 aliphatic heterocycles. The first kappa shape index (κ1) is 20.5. The van der Waals surface area contributed by atoms with Crippen LogP contribution >= 0.6 is 0 Å². The molecule has 4 rings (SSSR count). The Morgan fingerprint density at radius 1 is 1.16 bits per heavy atom. The van der Waals surface area contributed by atoms with Gasteiger partial charge in [0.15, 0.2) is 11.5 Å². The van der Waals surface area contributed by atoms with Crippen LogP contribution in [-0.4, -0.2) is 28.9 Å². The number of ether oxygens (including phenoxy) is 2. The van der Waals surface area contributed by atoms with E-state index in [0.29, 0.717) is 30.3 Å². The van der Waals surface area contributed by atoms with Crippen molar-refractivity contribution in [3.63, 3.8) is 0 Å². The Morgan fingerprint density at radius 3 is 2.68 bits per heavy atom. The molecule has 1 unspecified atom stereocenters. The van der Waals surface area contributed by atoms with Crippen molar-refractivity contribution in [3.05, 3.63) is 65.4 Å². The van der Waals surface area contributed by atoms with Crippen LogP contribution in [-0.2, 0) is 11.2 Å². The van der Waals surface area contributed by atoms with Crippen LogP contribution in [0.3, 0.4) is 0 Å². The largest absolute Gasteiger partial charge is 0.490 e. The van der Waals surface area contributed by atoms with Crippen molar-refractivity contribution in [2.24, 2.45) is 0 Å². The third kappa shape index (κ3) is 4.13. The van der Waals surface area contributed by atoms with Gasteiger partial charge in [0.25, 0.3) is 0 Å². The highest BCUT2D eigenvalue weighted by Gasteiger charge is 2.31. The maximum atomic E-state index is 12.6. The van der Waals surface area contributed by atoms with E-state index in [1.165, 1.54) is 5.56 Å². The highest BCUT2D eigenvalue weighted by Crippen LogP contribution is 2.40. The molecule has 0 saturated carbocycles. The van der Waals surface area contributed by atoms with Crippen molar-refractivity contribution in [3.8, 4) is 29.5 Å². The number of hydrogen-bond acceptors (Lipinski definition) is 4. The Morgan fingerprint density at radius 2 is 1.97 bits per heavy atom. The van der Waals surface area contributed by atoms with E-state index < -0.39 is 0 Å². The van der Waals surface area contributed by atoms with E-state index >= 15 is 0 Å². The minimum Gasteiger partial charge on any atom is -0.490 e. The van der Waals surface area contributed by atoms with E-state index in [9.17, 15) is 4.79 Å². The Kier molecular flexibility index (Phi) is 5.94. The molecule has 0 bridgehead atoms. The summed E-state index contributed by atoms with van der Waals surface area (Å²) in [5.74, 6) is 4.20. The van der Waals surface area contributed by atoms with Gasteiger partial charge in [-0.3, -0.25) is 4.79 Å². The van der Waals surface area contributed by atoms with Crippen LogP contribution in [0.5, 0.6) is 11.5 Å². The van der Waals surface area contributed by atoms with Gasteiger partial charge in [-0.15, -0.1) is 6.42 Å². The number of rotatable bonds is 7. The molecule has 6 nitrogen and oxygen atoms in total. The van der Waals surface area contributed by atoms with Crippen molar-refractivity contribution in [1.82, 2.24) is 9.78 Å². The topological polar surface area (TPSA) is 65.4 Å². The number of fused-ring (bicyclic) bond motifs is 1. The number of nitrogens with zero attached hydrogens (tertiary/aromatic N) is 2. The Hall–Kier alpha value is -3.72. The quantitative estimate of drug-likeness (QED) is 0.584. The van der Waals surface area contributed by atoms with Crippen molar-refractivity contribution >= 4 is 11.7 Å². The predicted molar refractivity (Wildman–Crippen MR) is 120 cm³/mol. The summed E-state index contributed by atoms with van der Waals surface area (Å²) < 4.78 is 13.1. The summed E-state index contributed by atoms with van der Waals surface area (Å²) in [7, 11) is 0. The fourth-order valence-electron chi connectivity index (χ4n) is 3.83. The second-order valence-electron chi connectivity index (χ2n) is 7.32. The zero-order chi connectivity index (χ0) is 21.8. The monoisotopic (exact) mass is 415 g/mol. The number of anilines is 1. The van der Waals surface area contributed by atoms with E-state index in [2.05, 4.69) is 35.4 Å². The summed E-state index contributed by atoms with van der Waals surface area (Å²) in [4.78, 5) is 12.6. The number of amides is 1. The molecule has 1 N–H and O–H groups in total. The van der Waals surface area contributed by atoms with Gasteiger partial charge in [0.2, 0.25) is 5.91 Å². The minimum absolute atomic E-state index is 0.0463. The number of aryl methyl sites for hydroxylation is 1. The molecule has 0 fully saturated rings. The van der Waals surface area contributed by atoms with Gasteiger partial charge in [-0.2, -0.15) is 5.10 Å². The molecule has 0 spiro atoms. The smallest absolute Gasteiger partial charge is 0.226 e. The van der Waals surface area contributed by atoms with Gasteiger partial charge in [0.05, 0.1) is 18.5 Å². The molecule has 1 amide bonds. The number of benzene rings is 2. The second-order valence-corrected chi connectivity index (χ2v) is 7.32. The Labute approximate surface area is 182 Å². The van der Waals surface area contributed by atoms with Gasteiger partial charge in [0, 0.05) is 17.9 Å². The van der Waals surface area contributed by atoms with Crippen molar-refractivity contribution in [1.29, 1.82) is 0 Å².